The van der Waals surface area contributed by atoms with E-state index in [1.54, 1.807) is 33.0 Å². The molecule has 3 N–H and O–H groups in total. The molecule has 1 heterocycles. The molecule has 7 nitrogen and oxygen atoms in total. The van der Waals surface area contributed by atoms with Gasteiger partial charge in [-0.25, -0.2) is 18.1 Å². The average Bonchev–Trinajstić information content (AvgIpc) is 2.78. The molecule has 108 valence electrons. The second kappa shape index (κ2) is 5.22. The Morgan fingerprint density at radius 3 is 2.55 bits per heavy atom. The highest BCUT2D eigenvalue weighted by molar-refractivity contribution is 7.89. The largest absolute Gasteiger partial charge is 0.397 e. The number of hydrogen-bond acceptors (Lipinski definition) is 5. The number of anilines is 1. The van der Waals surface area contributed by atoms with E-state index in [0.717, 1.165) is 5.56 Å². The summed E-state index contributed by atoms with van der Waals surface area (Å²) in [5.74, 6) is 0.403. The molecular weight excluding hydrogens is 278 g/mol. The summed E-state index contributed by atoms with van der Waals surface area (Å²) >= 11 is 0. The third-order valence-corrected chi connectivity index (χ3v) is 4.55. The second-order valence-corrected chi connectivity index (χ2v) is 6.30. The standard InChI is InChI=1S/C12H17N5O2S/c1-8-4-5-9(2)12(11(8)13)20(18,19)15-6-10-14-7-17(3)16-10/h4-5,7,15H,6,13H2,1-3H3. The molecule has 0 bridgehead atoms. The summed E-state index contributed by atoms with van der Waals surface area (Å²) in [6.07, 6.45) is 1.51. The van der Waals surface area contributed by atoms with E-state index in [2.05, 4.69) is 14.8 Å². The molecule has 8 heteroatoms. The van der Waals surface area contributed by atoms with Crippen LogP contribution in [0.4, 0.5) is 5.69 Å². The number of sulfonamides is 1. The Balaban J connectivity index is 2.29. The summed E-state index contributed by atoms with van der Waals surface area (Å²) in [6, 6.07) is 3.53. The monoisotopic (exact) mass is 295 g/mol. The Labute approximate surface area is 117 Å². The normalized spacial score (nSPS) is 11.8. The maximum atomic E-state index is 12.4. The zero-order valence-corrected chi connectivity index (χ0v) is 12.4. The molecular formula is C12H17N5O2S. The molecule has 0 atom stereocenters. The van der Waals surface area contributed by atoms with Crippen LogP contribution in [0.15, 0.2) is 23.4 Å². The van der Waals surface area contributed by atoms with Crippen LogP contribution in [0.5, 0.6) is 0 Å². The smallest absolute Gasteiger partial charge is 0.243 e. The summed E-state index contributed by atoms with van der Waals surface area (Å²) < 4.78 is 28.7. The van der Waals surface area contributed by atoms with Crippen LogP contribution in [-0.2, 0) is 23.6 Å². The quantitative estimate of drug-likeness (QED) is 0.799. The fraction of sp³-hybridized carbons (Fsp3) is 0.333. The molecule has 1 aromatic heterocycles. The van der Waals surface area contributed by atoms with Crippen LogP contribution >= 0.6 is 0 Å². The molecule has 0 amide bonds. The van der Waals surface area contributed by atoms with Gasteiger partial charge in [-0.3, -0.25) is 4.68 Å². The van der Waals surface area contributed by atoms with Gasteiger partial charge in [-0.05, 0) is 25.0 Å². The van der Waals surface area contributed by atoms with Crippen molar-refractivity contribution in [2.24, 2.45) is 7.05 Å². The maximum Gasteiger partial charge on any atom is 0.243 e. The average molecular weight is 295 g/mol. The first kappa shape index (κ1) is 14.5. The molecule has 1 aromatic carbocycles. The molecule has 20 heavy (non-hydrogen) atoms. The lowest BCUT2D eigenvalue weighted by Crippen LogP contribution is -2.26. The fourth-order valence-corrected chi connectivity index (χ4v) is 3.27. The van der Waals surface area contributed by atoms with Gasteiger partial charge in [0.2, 0.25) is 10.0 Å². The number of aromatic nitrogens is 3. The number of nitrogens with zero attached hydrogens (tertiary/aromatic N) is 3. The highest BCUT2D eigenvalue weighted by atomic mass is 32.2. The summed E-state index contributed by atoms with van der Waals surface area (Å²) in [5.41, 5.74) is 7.49. The van der Waals surface area contributed by atoms with Gasteiger partial charge in [0.1, 0.15) is 11.2 Å². The number of hydrogen-bond donors (Lipinski definition) is 2. The third-order valence-electron chi connectivity index (χ3n) is 2.95. The lowest BCUT2D eigenvalue weighted by Gasteiger charge is -2.12. The van der Waals surface area contributed by atoms with Gasteiger partial charge >= 0.3 is 0 Å². The number of nitrogens with one attached hydrogen (secondary N) is 1. The van der Waals surface area contributed by atoms with Crippen LogP contribution in [-0.4, -0.2) is 23.2 Å². The first-order valence-corrected chi connectivity index (χ1v) is 7.49. The third kappa shape index (κ3) is 2.81. The van der Waals surface area contributed by atoms with E-state index in [0.29, 0.717) is 11.4 Å². The molecule has 0 saturated heterocycles. The number of nitrogen functional groups attached to an aromatic ring is 1. The van der Waals surface area contributed by atoms with Gasteiger partial charge in [-0.15, -0.1) is 0 Å². The Morgan fingerprint density at radius 1 is 1.30 bits per heavy atom. The minimum absolute atomic E-state index is 0.0238. The summed E-state index contributed by atoms with van der Waals surface area (Å²) in [6.45, 7) is 3.51. The number of benzene rings is 1. The molecule has 2 aromatic rings. The second-order valence-electron chi connectivity index (χ2n) is 4.60. The van der Waals surface area contributed by atoms with Crippen molar-refractivity contribution < 1.29 is 8.42 Å². The van der Waals surface area contributed by atoms with Crippen molar-refractivity contribution in [1.82, 2.24) is 19.5 Å². The summed E-state index contributed by atoms with van der Waals surface area (Å²) in [7, 11) is -1.98. The Morgan fingerprint density at radius 2 is 1.95 bits per heavy atom. The molecule has 0 aliphatic rings. The molecule has 2 rings (SSSR count). The summed E-state index contributed by atoms with van der Waals surface area (Å²) in [5, 5.41) is 4.02. The van der Waals surface area contributed by atoms with E-state index < -0.39 is 10.0 Å². The topological polar surface area (TPSA) is 103 Å². The minimum Gasteiger partial charge on any atom is -0.397 e. The molecule has 0 aliphatic heterocycles. The van der Waals surface area contributed by atoms with Crippen LogP contribution in [0.2, 0.25) is 0 Å². The Hall–Kier alpha value is -1.93. The van der Waals surface area contributed by atoms with Crippen molar-refractivity contribution in [3.63, 3.8) is 0 Å². The van der Waals surface area contributed by atoms with Crippen molar-refractivity contribution in [1.29, 1.82) is 0 Å². The summed E-state index contributed by atoms with van der Waals surface area (Å²) in [4.78, 5) is 4.09. The maximum absolute atomic E-state index is 12.4. The first-order valence-electron chi connectivity index (χ1n) is 6.01. The van der Waals surface area contributed by atoms with Crippen molar-refractivity contribution in [2.45, 2.75) is 25.3 Å². The van der Waals surface area contributed by atoms with Crippen molar-refractivity contribution in [3.05, 3.63) is 35.4 Å². The van der Waals surface area contributed by atoms with Gasteiger partial charge < -0.3 is 5.73 Å². The fourth-order valence-electron chi connectivity index (χ4n) is 1.86. The van der Waals surface area contributed by atoms with Crippen LogP contribution < -0.4 is 10.5 Å². The molecule has 0 spiro atoms. The van der Waals surface area contributed by atoms with Crippen molar-refractivity contribution >= 4 is 15.7 Å². The van der Waals surface area contributed by atoms with Crippen LogP contribution in [0, 0.1) is 13.8 Å². The van der Waals surface area contributed by atoms with Gasteiger partial charge in [0.05, 0.1) is 12.2 Å². The van der Waals surface area contributed by atoms with Gasteiger partial charge in [-0.2, -0.15) is 5.10 Å². The SMILES string of the molecule is Cc1ccc(C)c(S(=O)(=O)NCc2ncn(C)n2)c1N. The lowest BCUT2D eigenvalue weighted by atomic mass is 10.1. The predicted octanol–water partition coefficient (Wildman–Crippen LogP) is 0.493. The van der Waals surface area contributed by atoms with Gasteiger partial charge in [0.15, 0.2) is 5.82 Å². The van der Waals surface area contributed by atoms with Crippen LogP contribution in [0.1, 0.15) is 17.0 Å². The minimum atomic E-state index is -3.70. The van der Waals surface area contributed by atoms with Gasteiger partial charge in [0, 0.05) is 7.05 Å². The molecule has 0 aliphatic carbocycles. The van der Waals surface area contributed by atoms with E-state index in [9.17, 15) is 8.42 Å². The van der Waals surface area contributed by atoms with E-state index in [1.807, 2.05) is 0 Å². The van der Waals surface area contributed by atoms with Crippen LogP contribution in [0.3, 0.4) is 0 Å². The molecule has 0 radical (unpaired) electrons. The highest BCUT2D eigenvalue weighted by Crippen LogP contribution is 2.25. The van der Waals surface area contributed by atoms with Crippen molar-refractivity contribution in [2.75, 3.05) is 5.73 Å². The Kier molecular flexibility index (Phi) is 3.78. The Bertz CT molecular complexity index is 736. The van der Waals surface area contributed by atoms with Gasteiger partial charge in [0.25, 0.3) is 0 Å². The number of rotatable bonds is 4. The lowest BCUT2D eigenvalue weighted by molar-refractivity contribution is 0.578. The zero-order chi connectivity index (χ0) is 14.9. The van der Waals surface area contributed by atoms with Crippen LogP contribution in [0.25, 0.3) is 0 Å². The van der Waals surface area contributed by atoms with Gasteiger partial charge in [-0.1, -0.05) is 12.1 Å². The first-order chi connectivity index (χ1) is 9.31. The van der Waals surface area contributed by atoms with E-state index >= 15 is 0 Å². The molecule has 0 unspecified atom stereocenters. The van der Waals surface area contributed by atoms with Crippen molar-refractivity contribution in [3.8, 4) is 0 Å². The predicted molar refractivity (Wildman–Crippen MR) is 75.4 cm³/mol. The number of aryl methyl sites for hydroxylation is 3. The molecule has 0 fully saturated rings. The highest BCUT2D eigenvalue weighted by Gasteiger charge is 2.21. The van der Waals surface area contributed by atoms with E-state index in [-0.39, 0.29) is 17.1 Å². The number of nitrogens with two attached hydrogens (primary N) is 1. The van der Waals surface area contributed by atoms with E-state index in [4.69, 9.17) is 5.73 Å². The molecule has 0 saturated carbocycles. The zero-order valence-electron chi connectivity index (χ0n) is 11.6. The van der Waals surface area contributed by atoms with E-state index in [1.165, 1.54) is 11.0 Å².